The first-order chi connectivity index (χ1) is 20.7. The van der Waals surface area contributed by atoms with Crippen LogP contribution in [0.25, 0.3) is 0 Å². The number of nitrogen functional groups attached to an aromatic ring is 1. The van der Waals surface area contributed by atoms with E-state index in [1.165, 1.54) is 23.9 Å². The number of nitrogens with zero attached hydrogens (tertiary/aromatic N) is 4. The average molecular weight is 604 g/mol. The number of piperazine rings is 1. The molecule has 0 aliphatic carbocycles. The highest BCUT2D eigenvalue weighted by atomic mass is 35.5. The zero-order valence-electron chi connectivity index (χ0n) is 24.3. The van der Waals surface area contributed by atoms with E-state index in [0.29, 0.717) is 33.5 Å². The number of methoxy groups -OCH3 is 2. The minimum absolute atomic E-state index is 0.203. The number of likely N-dealkylation sites (N-methyl/N-ethyl adjacent to an activating group) is 1. The van der Waals surface area contributed by atoms with Crippen molar-refractivity contribution in [2.45, 2.75) is 6.54 Å². The van der Waals surface area contributed by atoms with Gasteiger partial charge in [0.15, 0.2) is 5.82 Å². The summed E-state index contributed by atoms with van der Waals surface area (Å²) in [5.41, 5.74) is 9.76. The van der Waals surface area contributed by atoms with E-state index >= 15 is 0 Å². The summed E-state index contributed by atoms with van der Waals surface area (Å²) in [6.45, 7) is 4.03. The molecule has 1 fully saturated rings. The Hall–Kier alpha value is -4.74. The minimum Gasteiger partial charge on any atom is -0.497 e. The number of amides is 2. The number of aromatic nitrogens is 2. The van der Waals surface area contributed by atoms with E-state index in [9.17, 15) is 9.59 Å². The Labute approximate surface area is 255 Å². The van der Waals surface area contributed by atoms with E-state index in [1.54, 1.807) is 25.3 Å². The molecule has 1 aliphatic rings. The molecule has 3 aromatic carbocycles. The molecule has 2 amide bonds. The molecule has 0 bridgehead atoms. The van der Waals surface area contributed by atoms with Gasteiger partial charge in [-0.05, 0) is 61.1 Å². The summed E-state index contributed by atoms with van der Waals surface area (Å²) in [6, 6.07) is 19.3. The van der Waals surface area contributed by atoms with Crippen molar-refractivity contribution in [3.63, 3.8) is 0 Å². The van der Waals surface area contributed by atoms with E-state index in [-0.39, 0.29) is 18.1 Å². The number of carbonyl (C=O) groups is 2. The van der Waals surface area contributed by atoms with Crippen LogP contribution in [0.1, 0.15) is 26.4 Å². The van der Waals surface area contributed by atoms with Gasteiger partial charge in [0.1, 0.15) is 17.2 Å². The zero-order valence-corrected chi connectivity index (χ0v) is 25.0. The number of nitrogens with one attached hydrogen (secondary N) is 2. The summed E-state index contributed by atoms with van der Waals surface area (Å²) in [4.78, 5) is 31.1. The normalized spacial score (nSPS) is 13.4. The van der Waals surface area contributed by atoms with Crippen molar-refractivity contribution < 1.29 is 19.1 Å². The quantitative estimate of drug-likeness (QED) is 0.240. The van der Waals surface area contributed by atoms with Crippen LogP contribution < -0.4 is 30.7 Å². The van der Waals surface area contributed by atoms with Gasteiger partial charge in [-0.15, -0.1) is 0 Å². The van der Waals surface area contributed by atoms with Crippen molar-refractivity contribution in [3.8, 4) is 11.5 Å². The highest BCUT2D eigenvalue weighted by molar-refractivity contribution is 6.32. The smallest absolute Gasteiger partial charge is 0.274 e. The molecule has 0 spiro atoms. The van der Waals surface area contributed by atoms with Crippen LogP contribution in [0, 0.1) is 0 Å². The van der Waals surface area contributed by atoms with Crippen molar-refractivity contribution in [2.24, 2.45) is 0 Å². The maximum absolute atomic E-state index is 13.6. The van der Waals surface area contributed by atoms with Crippen molar-refractivity contribution >= 4 is 46.3 Å². The largest absolute Gasteiger partial charge is 0.497 e. The van der Waals surface area contributed by atoms with Gasteiger partial charge in [-0.1, -0.05) is 23.7 Å². The van der Waals surface area contributed by atoms with Crippen LogP contribution in [-0.4, -0.2) is 73.9 Å². The van der Waals surface area contributed by atoms with Crippen LogP contribution in [0.2, 0.25) is 5.02 Å². The highest BCUT2D eigenvalue weighted by Crippen LogP contribution is 2.28. The molecule has 0 radical (unpaired) electrons. The molecule has 1 aromatic heterocycles. The van der Waals surface area contributed by atoms with Crippen LogP contribution in [0.5, 0.6) is 11.5 Å². The lowest BCUT2D eigenvalue weighted by Gasteiger charge is -2.34. The summed E-state index contributed by atoms with van der Waals surface area (Å²) in [5, 5.41) is 10.5. The molecule has 0 unspecified atom stereocenters. The van der Waals surface area contributed by atoms with Gasteiger partial charge in [0.25, 0.3) is 11.8 Å². The second-order valence-corrected chi connectivity index (χ2v) is 10.6. The summed E-state index contributed by atoms with van der Waals surface area (Å²) in [7, 11) is 5.20. The maximum Gasteiger partial charge on any atom is 0.274 e. The van der Waals surface area contributed by atoms with E-state index in [0.717, 1.165) is 37.4 Å². The molecular weight excluding hydrogens is 570 g/mol. The molecule has 0 saturated carbocycles. The first kappa shape index (κ1) is 29.7. The monoisotopic (exact) mass is 603 g/mol. The number of ether oxygens (including phenoxy) is 2. The molecule has 2 heterocycles. The fraction of sp³-hybridized carbons (Fsp3) is 0.258. The third-order valence-corrected chi connectivity index (χ3v) is 7.61. The number of nitrogens with two attached hydrogens (primary N) is 1. The first-order valence-corrected chi connectivity index (χ1v) is 14.1. The second-order valence-electron chi connectivity index (χ2n) is 10.2. The van der Waals surface area contributed by atoms with Crippen molar-refractivity contribution in [2.75, 3.05) is 68.7 Å². The molecule has 12 heteroatoms. The predicted molar refractivity (Wildman–Crippen MR) is 169 cm³/mol. The van der Waals surface area contributed by atoms with Crippen molar-refractivity contribution in [1.29, 1.82) is 0 Å². The Morgan fingerprint density at radius 3 is 2.30 bits per heavy atom. The molecular formula is C31H34ClN7O4. The zero-order chi connectivity index (χ0) is 30.5. The molecule has 1 saturated heterocycles. The molecule has 224 valence electrons. The topological polar surface area (TPSA) is 127 Å². The Morgan fingerprint density at radius 1 is 0.907 bits per heavy atom. The van der Waals surface area contributed by atoms with E-state index in [4.69, 9.17) is 26.8 Å². The van der Waals surface area contributed by atoms with Gasteiger partial charge in [0, 0.05) is 43.5 Å². The number of halogens is 1. The van der Waals surface area contributed by atoms with Crippen LogP contribution in [0.3, 0.4) is 0 Å². The van der Waals surface area contributed by atoms with Crippen LogP contribution >= 0.6 is 11.6 Å². The van der Waals surface area contributed by atoms with Crippen LogP contribution in [-0.2, 0) is 6.54 Å². The number of hydrogen-bond acceptors (Lipinski definition) is 8. The Kier molecular flexibility index (Phi) is 9.03. The number of carbonyl (C=O) groups excluding carboxylic acids is 2. The third kappa shape index (κ3) is 7.02. The van der Waals surface area contributed by atoms with Gasteiger partial charge >= 0.3 is 0 Å². The standard InChI is InChI=1S/C31H34ClN7O4/c1-37-12-14-38(15-13-37)22-7-10-26(25(33)17-22)34-31(41)27-18-29(35-30(40)21-6-11-28(43-3)24(32)16-21)36-39(27)19-20-4-8-23(42-2)9-5-20/h4-11,16-18H,12-15,19,33H2,1-3H3,(H,34,41)(H,35,36,40). The fourth-order valence-electron chi connectivity index (χ4n) is 4.79. The first-order valence-electron chi connectivity index (χ1n) is 13.7. The molecule has 1 aliphatic heterocycles. The highest BCUT2D eigenvalue weighted by Gasteiger charge is 2.20. The predicted octanol–water partition coefficient (Wildman–Crippen LogP) is 4.44. The van der Waals surface area contributed by atoms with E-state index in [1.807, 2.05) is 36.4 Å². The van der Waals surface area contributed by atoms with Gasteiger partial charge < -0.3 is 35.6 Å². The summed E-state index contributed by atoms with van der Waals surface area (Å²) >= 11 is 6.21. The molecule has 4 N–H and O–H groups in total. The SMILES string of the molecule is COc1ccc(Cn2nc(NC(=O)c3ccc(OC)c(Cl)c3)cc2C(=O)Nc2ccc(N3CCN(C)CC3)cc2N)cc1. The fourth-order valence-corrected chi connectivity index (χ4v) is 5.05. The van der Waals surface area contributed by atoms with Crippen molar-refractivity contribution in [1.82, 2.24) is 14.7 Å². The lowest BCUT2D eigenvalue weighted by molar-refractivity contribution is 0.101. The summed E-state index contributed by atoms with van der Waals surface area (Å²) < 4.78 is 12.0. The molecule has 11 nitrogen and oxygen atoms in total. The number of anilines is 4. The van der Waals surface area contributed by atoms with Gasteiger partial charge in [0.2, 0.25) is 0 Å². The Bertz CT molecular complexity index is 1620. The van der Waals surface area contributed by atoms with E-state index < -0.39 is 11.8 Å². The molecule has 5 rings (SSSR count). The van der Waals surface area contributed by atoms with Gasteiger partial charge in [-0.2, -0.15) is 5.10 Å². The summed E-state index contributed by atoms with van der Waals surface area (Å²) in [5.74, 6) is 0.511. The molecule has 4 aromatic rings. The third-order valence-electron chi connectivity index (χ3n) is 7.31. The Balaban J connectivity index is 1.38. The second kappa shape index (κ2) is 13.1. The van der Waals surface area contributed by atoms with Crippen molar-refractivity contribution in [3.05, 3.63) is 88.6 Å². The number of benzene rings is 3. The van der Waals surface area contributed by atoms with Gasteiger partial charge in [0.05, 0.1) is 37.2 Å². The molecule has 0 atom stereocenters. The lowest BCUT2D eigenvalue weighted by atomic mass is 10.2. The van der Waals surface area contributed by atoms with Crippen LogP contribution in [0.4, 0.5) is 22.9 Å². The summed E-state index contributed by atoms with van der Waals surface area (Å²) in [6.07, 6.45) is 0. The average Bonchev–Trinajstić information content (AvgIpc) is 3.40. The Morgan fingerprint density at radius 2 is 1.65 bits per heavy atom. The lowest BCUT2D eigenvalue weighted by Crippen LogP contribution is -2.44. The number of hydrogen-bond donors (Lipinski definition) is 3. The van der Waals surface area contributed by atoms with Gasteiger partial charge in [-0.25, -0.2) is 0 Å². The van der Waals surface area contributed by atoms with Crippen LogP contribution in [0.15, 0.2) is 66.7 Å². The molecule has 43 heavy (non-hydrogen) atoms. The minimum atomic E-state index is -0.436. The number of rotatable bonds is 9. The van der Waals surface area contributed by atoms with E-state index in [2.05, 4.69) is 32.6 Å². The van der Waals surface area contributed by atoms with Gasteiger partial charge in [-0.3, -0.25) is 14.3 Å². The maximum atomic E-state index is 13.6.